The van der Waals surface area contributed by atoms with E-state index in [0.29, 0.717) is 11.7 Å². The number of ether oxygens (including phenoxy) is 1. The number of anilines is 1. The zero-order valence-corrected chi connectivity index (χ0v) is 10.4. The fourth-order valence-electron chi connectivity index (χ4n) is 1.94. The summed E-state index contributed by atoms with van der Waals surface area (Å²) in [5, 5.41) is 0.563. The van der Waals surface area contributed by atoms with Gasteiger partial charge in [-0.25, -0.2) is 4.98 Å². The van der Waals surface area contributed by atoms with Crippen LogP contribution in [0.1, 0.15) is 11.8 Å². The van der Waals surface area contributed by atoms with Crippen molar-refractivity contribution >= 4 is 22.4 Å². The molecule has 2 heterocycles. The molecular weight excluding hydrogens is 240 g/mol. The zero-order valence-electron chi connectivity index (χ0n) is 9.63. The SMILES string of the molecule is C[C@@H]1CN(Cc2cnc(N)s2)CC(C(N)=O)O1. The van der Waals surface area contributed by atoms with Gasteiger partial charge in [0.2, 0.25) is 5.91 Å². The van der Waals surface area contributed by atoms with Gasteiger partial charge in [0.15, 0.2) is 5.13 Å². The summed E-state index contributed by atoms with van der Waals surface area (Å²) in [5.41, 5.74) is 10.8. The lowest BCUT2D eigenvalue weighted by Crippen LogP contribution is -2.51. The predicted molar refractivity (Wildman–Crippen MR) is 65.3 cm³/mol. The summed E-state index contributed by atoms with van der Waals surface area (Å²) in [6, 6.07) is 0. The summed E-state index contributed by atoms with van der Waals surface area (Å²) >= 11 is 1.46. The number of primary amides is 1. The van der Waals surface area contributed by atoms with Crippen LogP contribution in [0, 0.1) is 0 Å². The molecule has 1 saturated heterocycles. The van der Waals surface area contributed by atoms with Gasteiger partial charge in [0.25, 0.3) is 0 Å². The van der Waals surface area contributed by atoms with E-state index in [1.54, 1.807) is 6.20 Å². The highest BCUT2D eigenvalue weighted by atomic mass is 32.1. The van der Waals surface area contributed by atoms with E-state index in [1.165, 1.54) is 11.3 Å². The van der Waals surface area contributed by atoms with Gasteiger partial charge in [0.05, 0.1) is 6.10 Å². The van der Waals surface area contributed by atoms with Crippen LogP contribution in [0.5, 0.6) is 0 Å². The fraction of sp³-hybridized carbons (Fsp3) is 0.600. The maximum Gasteiger partial charge on any atom is 0.247 e. The quantitative estimate of drug-likeness (QED) is 0.781. The van der Waals surface area contributed by atoms with Gasteiger partial charge in [-0.2, -0.15) is 0 Å². The molecule has 1 unspecified atom stereocenters. The van der Waals surface area contributed by atoms with E-state index in [2.05, 4.69) is 9.88 Å². The van der Waals surface area contributed by atoms with Crippen LogP contribution in [0.15, 0.2) is 6.20 Å². The minimum atomic E-state index is -0.524. The molecular formula is C10H16N4O2S. The Labute approximate surface area is 104 Å². The molecule has 1 aromatic rings. The number of nitrogens with two attached hydrogens (primary N) is 2. The highest BCUT2D eigenvalue weighted by Gasteiger charge is 2.28. The van der Waals surface area contributed by atoms with E-state index in [-0.39, 0.29) is 6.10 Å². The number of amides is 1. The number of rotatable bonds is 3. The second-order valence-electron chi connectivity index (χ2n) is 4.20. The molecule has 0 radical (unpaired) electrons. The van der Waals surface area contributed by atoms with Crippen LogP contribution in [0.25, 0.3) is 0 Å². The van der Waals surface area contributed by atoms with Crippen LogP contribution in [-0.2, 0) is 16.1 Å². The lowest BCUT2D eigenvalue weighted by Gasteiger charge is -2.34. The van der Waals surface area contributed by atoms with Crippen molar-refractivity contribution in [2.24, 2.45) is 5.73 Å². The molecule has 0 aliphatic carbocycles. The Kier molecular flexibility index (Phi) is 3.60. The molecule has 6 nitrogen and oxygen atoms in total. The van der Waals surface area contributed by atoms with Crippen LogP contribution in [0.4, 0.5) is 5.13 Å². The van der Waals surface area contributed by atoms with Crippen molar-refractivity contribution < 1.29 is 9.53 Å². The molecule has 4 N–H and O–H groups in total. The number of hydrogen-bond donors (Lipinski definition) is 2. The minimum Gasteiger partial charge on any atom is -0.375 e. The van der Waals surface area contributed by atoms with Crippen molar-refractivity contribution in [1.29, 1.82) is 0 Å². The topological polar surface area (TPSA) is 94.5 Å². The molecule has 94 valence electrons. The van der Waals surface area contributed by atoms with E-state index < -0.39 is 12.0 Å². The number of nitrogens with zero attached hydrogens (tertiary/aromatic N) is 2. The zero-order chi connectivity index (χ0) is 12.4. The highest BCUT2D eigenvalue weighted by Crippen LogP contribution is 2.19. The maximum atomic E-state index is 11.1. The Morgan fingerprint density at radius 3 is 3.06 bits per heavy atom. The van der Waals surface area contributed by atoms with Gasteiger partial charge in [-0.05, 0) is 6.92 Å². The third-order valence-corrected chi connectivity index (χ3v) is 3.42. The average molecular weight is 256 g/mol. The molecule has 17 heavy (non-hydrogen) atoms. The van der Waals surface area contributed by atoms with Crippen molar-refractivity contribution in [3.05, 3.63) is 11.1 Å². The van der Waals surface area contributed by atoms with Crippen LogP contribution in [-0.4, -0.2) is 41.1 Å². The molecule has 2 atom stereocenters. The van der Waals surface area contributed by atoms with Gasteiger partial charge in [-0.1, -0.05) is 0 Å². The molecule has 1 fully saturated rings. The molecule has 7 heteroatoms. The van der Waals surface area contributed by atoms with Crippen LogP contribution >= 0.6 is 11.3 Å². The molecule has 0 aromatic carbocycles. The largest absolute Gasteiger partial charge is 0.375 e. The smallest absolute Gasteiger partial charge is 0.247 e. The summed E-state index contributed by atoms with van der Waals surface area (Å²) in [6.45, 7) is 3.97. The minimum absolute atomic E-state index is 0.00604. The van der Waals surface area contributed by atoms with Gasteiger partial charge in [0, 0.05) is 30.7 Å². The van der Waals surface area contributed by atoms with Gasteiger partial charge in [-0.15, -0.1) is 11.3 Å². The van der Waals surface area contributed by atoms with E-state index in [1.807, 2.05) is 6.92 Å². The van der Waals surface area contributed by atoms with E-state index in [4.69, 9.17) is 16.2 Å². The fourth-order valence-corrected chi connectivity index (χ4v) is 2.67. The number of hydrogen-bond acceptors (Lipinski definition) is 6. The molecule has 1 aliphatic heterocycles. The Bertz CT molecular complexity index is 409. The summed E-state index contributed by atoms with van der Waals surface area (Å²) < 4.78 is 5.47. The van der Waals surface area contributed by atoms with Crippen molar-refractivity contribution in [3.8, 4) is 0 Å². The van der Waals surface area contributed by atoms with E-state index >= 15 is 0 Å². The van der Waals surface area contributed by atoms with Gasteiger partial charge >= 0.3 is 0 Å². The standard InChI is InChI=1S/C10H16N4O2S/c1-6-3-14(5-8(16-6)9(11)15)4-7-2-13-10(12)17-7/h2,6,8H,3-5H2,1H3,(H2,11,15)(H2,12,13)/t6-,8?/m1/s1. The number of morpholine rings is 1. The van der Waals surface area contributed by atoms with Gasteiger partial charge in [0.1, 0.15) is 6.10 Å². The third-order valence-electron chi connectivity index (χ3n) is 2.60. The maximum absolute atomic E-state index is 11.1. The Morgan fingerprint density at radius 1 is 1.71 bits per heavy atom. The van der Waals surface area contributed by atoms with Crippen molar-refractivity contribution in [2.75, 3.05) is 18.8 Å². The second-order valence-corrected chi connectivity index (χ2v) is 5.34. The molecule has 2 rings (SSSR count). The van der Waals surface area contributed by atoms with Gasteiger partial charge < -0.3 is 16.2 Å². The number of thiazole rings is 1. The summed E-state index contributed by atoms with van der Waals surface area (Å²) in [7, 11) is 0. The van der Waals surface area contributed by atoms with Crippen molar-refractivity contribution in [2.45, 2.75) is 25.7 Å². The monoisotopic (exact) mass is 256 g/mol. The number of carbonyl (C=O) groups is 1. The van der Waals surface area contributed by atoms with Gasteiger partial charge in [-0.3, -0.25) is 9.69 Å². The molecule has 1 aliphatic rings. The lowest BCUT2D eigenvalue weighted by molar-refractivity contribution is -0.142. The first-order valence-corrected chi connectivity index (χ1v) is 6.23. The third kappa shape index (κ3) is 3.15. The second kappa shape index (κ2) is 4.99. The lowest BCUT2D eigenvalue weighted by atomic mass is 10.2. The number of nitrogen functional groups attached to an aromatic ring is 1. The molecule has 1 aromatic heterocycles. The molecule has 1 amide bonds. The highest BCUT2D eigenvalue weighted by molar-refractivity contribution is 7.15. The molecule has 0 saturated carbocycles. The average Bonchev–Trinajstić information content (AvgIpc) is 2.63. The van der Waals surface area contributed by atoms with Crippen LogP contribution in [0.2, 0.25) is 0 Å². The summed E-state index contributed by atoms with van der Waals surface area (Å²) in [5.74, 6) is -0.412. The van der Waals surface area contributed by atoms with Crippen molar-refractivity contribution in [1.82, 2.24) is 9.88 Å². The van der Waals surface area contributed by atoms with Crippen molar-refractivity contribution in [3.63, 3.8) is 0 Å². The Hall–Kier alpha value is -1.18. The summed E-state index contributed by atoms with van der Waals surface area (Å²) in [6.07, 6.45) is 1.25. The summed E-state index contributed by atoms with van der Waals surface area (Å²) in [4.78, 5) is 18.4. The Morgan fingerprint density at radius 2 is 2.47 bits per heavy atom. The van der Waals surface area contributed by atoms with Crippen LogP contribution < -0.4 is 11.5 Å². The van der Waals surface area contributed by atoms with E-state index in [0.717, 1.165) is 18.0 Å². The molecule has 0 spiro atoms. The van der Waals surface area contributed by atoms with Crippen LogP contribution in [0.3, 0.4) is 0 Å². The normalized spacial score (nSPS) is 25.9. The number of aromatic nitrogens is 1. The Balaban J connectivity index is 1.98. The first-order valence-electron chi connectivity index (χ1n) is 5.42. The number of carbonyl (C=O) groups excluding carboxylic acids is 1. The first-order chi connectivity index (χ1) is 8.04. The van der Waals surface area contributed by atoms with E-state index in [9.17, 15) is 4.79 Å². The predicted octanol–water partition coefficient (Wildman–Crippen LogP) is -0.200. The molecule has 0 bridgehead atoms. The first kappa shape index (κ1) is 12.3.